The Kier molecular flexibility index (Phi) is 6.39. The molecule has 0 unspecified atom stereocenters. The summed E-state index contributed by atoms with van der Waals surface area (Å²) in [7, 11) is 0. The van der Waals surface area contributed by atoms with Crippen molar-refractivity contribution in [2.45, 2.75) is 52.6 Å². The molecule has 0 radical (unpaired) electrons. The van der Waals surface area contributed by atoms with Gasteiger partial charge in [0.15, 0.2) is 0 Å². The fraction of sp³-hybridized carbons (Fsp3) is 0.619. The number of carbonyl (C=O) groups excluding carboxylic acids is 2. The molecule has 0 aromatic heterocycles. The Bertz CT molecular complexity index is 666. The molecule has 0 aliphatic carbocycles. The first kappa shape index (κ1) is 21.1. The van der Waals surface area contributed by atoms with Gasteiger partial charge in [-0.3, -0.25) is 4.79 Å². The molecule has 1 aliphatic rings. The van der Waals surface area contributed by atoms with E-state index in [9.17, 15) is 9.59 Å². The highest BCUT2D eigenvalue weighted by Gasteiger charge is 2.26. The first-order chi connectivity index (χ1) is 12.5. The lowest BCUT2D eigenvalue weighted by molar-refractivity contribution is -0.130. The predicted octanol–water partition coefficient (Wildman–Crippen LogP) is 3.16. The van der Waals surface area contributed by atoms with Gasteiger partial charge in [0, 0.05) is 31.9 Å². The first-order valence-electron chi connectivity index (χ1n) is 9.56. The number of rotatable bonds is 3. The third-order valence-corrected chi connectivity index (χ3v) is 4.47. The summed E-state index contributed by atoms with van der Waals surface area (Å²) in [6, 6.07) is 8.47. The summed E-state index contributed by atoms with van der Waals surface area (Å²) in [4.78, 5) is 28.2. The van der Waals surface area contributed by atoms with Crippen LogP contribution in [0.1, 0.15) is 47.1 Å². The standard InChI is InChI=1S/C21H33N3O3/c1-20(2,3)16-9-7-8-10-17(16)23-11-13-24(14-12-23)18(25)15-22-19(26)27-21(4,5)6/h7-10H,11-15H2,1-6H3,(H,22,26). The van der Waals surface area contributed by atoms with Crippen LogP contribution >= 0.6 is 0 Å². The van der Waals surface area contributed by atoms with E-state index in [-0.39, 0.29) is 17.9 Å². The maximum atomic E-state index is 12.4. The Labute approximate surface area is 162 Å². The highest BCUT2D eigenvalue weighted by atomic mass is 16.6. The van der Waals surface area contributed by atoms with E-state index in [1.165, 1.54) is 11.3 Å². The number of alkyl carbamates (subject to hydrolysis) is 1. The average molecular weight is 376 g/mol. The Morgan fingerprint density at radius 1 is 1.00 bits per heavy atom. The van der Waals surface area contributed by atoms with E-state index in [0.29, 0.717) is 13.1 Å². The van der Waals surface area contributed by atoms with Crippen LogP contribution in [0.4, 0.5) is 10.5 Å². The van der Waals surface area contributed by atoms with E-state index in [0.717, 1.165) is 13.1 Å². The smallest absolute Gasteiger partial charge is 0.408 e. The van der Waals surface area contributed by atoms with Crippen LogP contribution in [-0.2, 0) is 14.9 Å². The molecule has 0 atom stereocenters. The van der Waals surface area contributed by atoms with Gasteiger partial charge >= 0.3 is 6.09 Å². The number of amides is 2. The molecule has 2 rings (SSSR count). The van der Waals surface area contributed by atoms with Crippen molar-refractivity contribution in [1.29, 1.82) is 0 Å². The van der Waals surface area contributed by atoms with E-state index in [1.54, 1.807) is 25.7 Å². The van der Waals surface area contributed by atoms with Gasteiger partial charge in [0.1, 0.15) is 12.1 Å². The van der Waals surface area contributed by atoms with Crippen LogP contribution in [0.3, 0.4) is 0 Å². The zero-order chi connectivity index (χ0) is 20.2. The fourth-order valence-electron chi connectivity index (χ4n) is 3.15. The number of hydrogen-bond acceptors (Lipinski definition) is 4. The second kappa shape index (κ2) is 8.19. The largest absolute Gasteiger partial charge is 0.444 e. The number of nitrogens with one attached hydrogen (secondary N) is 1. The molecule has 0 saturated carbocycles. The summed E-state index contributed by atoms with van der Waals surface area (Å²) >= 11 is 0. The van der Waals surface area contributed by atoms with Crippen LogP contribution in [0.5, 0.6) is 0 Å². The molecule has 1 heterocycles. The summed E-state index contributed by atoms with van der Waals surface area (Å²) in [5.74, 6) is -0.0791. The SMILES string of the molecule is CC(C)(C)OC(=O)NCC(=O)N1CCN(c2ccccc2C(C)(C)C)CC1. The van der Waals surface area contributed by atoms with Crippen molar-refractivity contribution in [2.75, 3.05) is 37.6 Å². The monoisotopic (exact) mass is 375 g/mol. The molecular formula is C21H33N3O3. The average Bonchev–Trinajstić information content (AvgIpc) is 2.57. The normalized spacial score (nSPS) is 15.5. The van der Waals surface area contributed by atoms with E-state index in [1.807, 2.05) is 0 Å². The molecule has 1 fully saturated rings. The number of hydrogen-bond donors (Lipinski definition) is 1. The molecule has 0 bridgehead atoms. The summed E-state index contributed by atoms with van der Waals surface area (Å²) in [6.07, 6.45) is -0.561. The highest BCUT2D eigenvalue weighted by Crippen LogP contribution is 2.32. The van der Waals surface area contributed by atoms with Crippen LogP contribution in [0.2, 0.25) is 0 Å². The van der Waals surface area contributed by atoms with Crippen molar-refractivity contribution < 1.29 is 14.3 Å². The van der Waals surface area contributed by atoms with Gasteiger partial charge in [-0.05, 0) is 37.8 Å². The lowest BCUT2D eigenvalue weighted by atomic mass is 9.85. The summed E-state index contributed by atoms with van der Waals surface area (Å²) in [5.41, 5.74) is 2.06. The first-order valence-corrected chi connectivity index (χ1v) is 9.56. The van der Waals surface area contributed by atoms with Crippen LogP contribution in [0.25, 0.3) is 0 Å². The number of ether oxygens (including phenoxy) is 1. The zero-order valence-corrected chi connectivity index (χ0v) is 17.5. The Morgan fingerprint density at radius 3 is 2.15 bits per heavy atom. The quantitative estimate of drug-likeness (QED) is 0.882. The number of para-hydroxylation sites is 1. The van der Waals surface area contributed by atoms with Gasteiger partial charge < -0.3 is 19.9 Å². The number of benzene rings is 1. The van der Waals surface area contributed by atoms with Crippen LogP contribution < -0.4 is 10.2 Å². The zero-order valence-electron chi connectivity index (χ0n) is 17.5. The van der Waals surface area contributed by atoms with Crippen LogP contribution in [0.15, 0.2) is 24.3 Å². The van der Waals surface area contributed by atoms with Crippen molar-refractivity contribution in [2.24, 2.45) is 0 Å². The maximum absolute atomic E-state index is 12.4. The second-order valence-corrected chi connectivity index (χ2v) is 8.99. The molecule has 1 saturated heterocycles. The van der Waals surface area contributed by atoms with Crippen LogP contribution in [-0.4, -0.2) is 55.2 Å². The molecule has 27 heavy (non-hydrogen) atoms. The number of nitrogens with zero attached hydrogens (tertiary/aromatic N) is 2. The molecule has 0 spiro atoms. The molecule has 1 N–H and O–H groups in total. The van der Waals surface area contributed by atoms with Crippen molar-refractivity contribution in [3.63, 3.8) is 0 Å². The fourth-order valence-corrected chi connectivity index (χ4v) is 3.15. The van der Waals surface area contributed by atoms with Crippen molar-refractivity contribution in [1.82, 2.24) is 10.2 Å². The Balaban J connectivity index is 1.89. The second-order valence-electron chi connectivity index (χ2n) is 8.99. The highest BCUT2D eigenvalue weighted by molar-refractivity contribution is 5.82. The molecule has 1 aliphatic heterocycles. The van der Waals surface area contributed by atoms with Gasteiger partial charge in [0.25, 0.3) is 0 Å². The van der Waals surface area contributed by atoms with E-state index < -0.39 is 11.7 Å². The molecule has 1 aromatic carbocycles. The van der Waals surface area contributed by atoms with Crippen LogP contribution in [0, 0.1) is 0 Å². The maximum Gasteiger partial charge on any atom is 0.408 e. The van der Waals surface area contributed by atoms with Gasteiger partial charge in [0.05, 0.1) is 0 Å². The van der Waals surface area contributed by atoms with E-state index in [4.69, 9.17) is 4.74 Å². The van der Waals surface area contributed by atoms with Crippen molar-refractivity contribution >= 4 is 17.7 Å². The minimum absolute atomic E-state index is 0.0342. The third-order valence-electron chi connectivity index (χ3n) is 4.47. The molecule has 6 nitrogen and oxygen atoms in total. The minimum Gasteiger partial charge on any atom is -0.444 e. The lowest BCUT2D eigenvalue weighted by Crippen LogP contribution is -2.51. The number of anilines is 1. The van der Waals surface area contributed by atoms with Crippen molar-refractivity contribution in [3.05, 3.63) is 29.8 Å². The van der Waals surface area contributed by atoms with Gasteiger partial charge in [0.2, 0.25) is 5.91 Å². The summed E-state index contributed by atoms with van der Waals surface area (Å²) in [6.45, 7) is 14.9. The number of piperazine rings is 1. The van der Waals surface area contributed by atoms with Gasteiger partial charge in [-0.25, -0.2) is 4.79 Å². The molecule has 6 heteroatoms. The van der Waals surface area contributed by atoms with Gasteiger partial charge in [-0.1, -0.05) is 39.0 Å². The van der Waals surface area contributed by atoms with Gasteiger partial charge in [-0.15, -0.1) is 0 Å². The summed E-state index contributed by atoms with van der Waals surface area (Å²) < 4.78 is 5.17. The lowest BCUT2D eigenvalue weighted by Gasteiger charge is -2.38. The Morgan fingerprint density at radius 2 is 1.59 bits per heavy atom. The summed E-state index contributed by atoms with van der Waals surface area (Å²) in [5, 5.41) is 2.54. The van der Waals surface area contributed by atoms with Gasteiger partial charge in [-0.2, -0.15) is 0 Å². The number of carbonyl (C=O) groups is 2. The minimum atomic E-state index is -0.570. The topological polar surface area (TPSA) is 61.9 Å². The molecule has 150 valence electrons. The Hall–Kier alpha value is -2.24. The predicted molar refractivity (Wildman–Crippen MR) is 108 cm³/mol. The third kappa shape index (κ3) is 6.15. The molecular weight excluding hydrogens is 342 g/mol. The van der Waals surface area contributed by atoms with E-state index in [2.05, 4.69) is 55.3 Å². The van der Waals surface area contributed by atoms with Crippen molar-refractivity contribution in [3.8, 4) is 0 Å². The molecule has 1 aromatic rings. The molecule has 2 amide bonds. The van der Waals surface area contributed by atoms with E-state index >= 15 is 0 Å².